The number of hydrogen-bond acceptors (Lipinski definition) is 3. The van der Waals surface area contributed by atoms with Gasteiger partial charge in [0.2, 0.25) is 5.91 Å². The Labute approximate surface area is 192 Å². The Bertz CT molecular complexity index is 1200. The van der Waals surface area contributed by atoms with Crippen molar-refractivity contribution in [1.82, 2.24) is 15.3 Å². The number of aromatic nitrogens is 2. The van der Waals surface area contributed by atoms with Crippen LogP contribution in [0.15, 0.2) is 47.3 Å². The van der Waals surface area contributed by atoms with Crippen molar-refractivity contribution in [2.24, 2.45) is 5.41 Å². The van der Waals surface area contributed by atoms with Gasteiger partial charge in [0.05, 0.1) is 22.0 Å². The SMILES string of the molecule is CC(C)c1ccc(-c2cc(-c3c(Cl)ccc(CNC(=O)C(C)(C)C)c3F)[nH]c(=O)n2)cc1. The van der Waals surface area contributed by atoms with Gasteiger partial charge in [-0.25, -0.2) is 9.18 Å². The van der Waals surface area contributed by atoms with Crippen molar-refractivity contribution in [1.29, 1.82) is 0 Å². The first kappa shape index (κ1) is 23.7. The van der Waals surface area contributed by atoms with Crippen LogP contribution in [0.2, 0.25) is 5.02 Å². The average molecular weight is 456 g/mol. The van der Waals surface area contributed by atoms with Gasteiger partial charge in [0.15, 0.2) is 0 Å². The molecule has 0 atom stereocenters. The van der Waals surface area contributed by atoms with Crippen molar-refractivity contribution < 1.29 is 9.18 Å². The molecule has 32 heavy (non-hydrogen) atoms. The maximum Gasteiger partial charge on any atom is 0.345 e. The third-order valence-corrected chi connectivity index (χ3v) is 5.49. The van der Waals surface area contributed by atoms with Crippen molar-refractivity contribution in [3.8, 4) is 22.5 Å². The van der Waals surface area contributed by atoms with E-state index in [1.165, 1.54) is 6.07 Å². The van der Waals surface area contributed by atoms with Crippen LogP contribution in [-0.2, 0) is 11.3 Å². The van der Waals surface area contributed by atoms with Crippen LogP contribution in [0.5, 0.6) is 0 Å². The Kier molecular flexibility index (Phi) is 6.84. The predicted octanol–water partition coefficient (Wildman–Crippen LogP) is 5.68. The summed E-state index contributed by atoms with van der Waals surface area (Å²) in [4.78, 5) is 31.1. The lowest BCUT2D eigenvalue weighted by Gasteiger charge is -2.18. The minimum absolute atomic E-state index is 0.00490. The van der Waals surface area contributed by atoms with Gasteiger partial charge < -0.3 is 10.3 Å². The van der Waals surface area contributed by atoms with E-state index in [-0.39, 0.29) is 34.3 Å². The monoisotopic (exact) mass is 455 g/mol. The van der Waals surface area contributed by atoms with Gasteiger partial charge in [-0.15, -0.1) is 0 Å². The molecule has 2 N–H and O–H groups in total. The van der Waals surface area contributed by atoms with E-state index in [0.717, 1.165) is 11.1 Å². The molecule has 5 nitrogen and oxygen atoms in total. The number of nitrogens with one attached hydrogen (secondary N) is 2. The number of aromatic amines is 1. The number of amides is 1. The summed E-state index contributed by atoms with van der Waals surface area (Å²) in [5, 5.41) is 2.88. The highest BCUT2D eigenvalue weighted by molar-refractivity contribution is 6.33. The summed E-state index contributed by atoms with van der Waals surface area (Å²) < 4.78 is 15.4. The molecule has 0 saturated carbocycles. The van der Waals surface area contributed by atoms with Crippen molar-refractivity contribution in [3.05, 3.63) is 74.9 Å². The lowest BCUT2D eigenvalue weighted by atomic mass is 9.95. The number of halogens is 2. The molecule has 1 heterocycles. The lowest BCUT2D eigenvalue weighted by Crippen LogP contribution is -2.34. The van der Waals surface area contributed by atoms with E-state index in [1.807, 2.05) is 24.3 Å². The van der Waals surface area contributed by atoms with Gasteiger partial charge in [-0.05, 0) is 23.6 Å². The highest BCUT2D eigenvalue weighted by atomic mass is 35.5. The molecule has 0 saturated heterocycles. The highest BCUT2D eigenvalue weighted by Gasteiger charge is 2.22. The molecular formula is C25H27ClFN3O2. The summed E-state index contributed by atoms with van der Waals surface area (Å²) in [5.74, 6) is -0.423. The number of nitrogens with zero attached hydrogens (tertiary/aromatic N) is 1. The predicted molar refractivity (Wildman–Crippen MR) is 126 cm³/mol. The van der Waals surface area contributed by atoms with E-state index in [2.05, 4.69) is 29.1 Å². The average Bonchev–Trinajstić information content (AvgIpc) is 2.72. The van der Waals surface area contributed by atoms with Crippen LogP contribution in [0, 0.1) is 11.2 Å². The Morgan fingerprint density at radius 3 is 2.41 bits per heavy atom. The molecule has 2 aromatic carbocycles. The minimum Gasteiger partial charge on any atom is -0.351 e. The molecule has 0 bridgehead atoms. The number of carbonyl (C=O) groups excluding carboxylic acids is 1. The molecule has 3 aromatic rings. The topological polar surface area (TPSA) is 74.8 Å². The van der Waals surface area contributed by atoms with Crippen LogP contribution in [0.25, 0.3) is 22.5 Å². The molecule has 168 valence electrons. The Morgan fingerprint density at radius 2 is 1.81 bits per heavy atom. The first-order chi connectivity index (χ1) is 15.0. The molecule has 1 amide bonds. The maximum absolute atomic E-state index is 15.4. The minimum atomic E-state index is -0.604. The molecule has 0 aliphatic carbocycles. The fourth-order valence-electron chi connectivity index (χ4n) is 3.20. The summed E-state index contributed by atoms with van der Waals surface area (Å²) in [6.45, 7) is 9.54. The van der Waals surface area contributed by atoms with E-state index in [0.29, 0.717) is 11.6 Å². The van der Waals surface area contributed by atoms with Crippen molar-refractivity contribution in [2.45, 2.75) is 47.1 Å². The van der Waals surface area contributed by atoms with Gasteiger partial charge in [0, 0.05) is 23.1 Å². The van der Waals surface area contributed by atoms with Gasteiger partial charge in [0.25, 0.3) is 0 Å². The zero-order valence-corrected chi connectivity index (χ0v) is 19.6. The second-order valence-corrected chi connectivity index (χ2v) is 9.50. The van der Waals surface area contributed by atoms with Crippen LogP contribution in [0.3, 0.4) is 0 Å². The number of carbonyl (C=O) groups is 1. The van der Waals surface area contributed by atoms with Crippen LogP contribution in [0.1, 0.15) is 51.7 Å². The molecular weight excluding hydrogens is 429 g/mol. The van der Waals surface area contributed by atoms with E-state index < -0.39 is 16.9 Å². The molecule has 0 unspecified atom stereocenters. The third-order valence-electron chi connectivity index (χ3n) is 5.18. The van der Waals surface area contributed by atoms with Crippen LogP contribution in [-0.4, -0.2) is 15.9 Å². The van der Waals surface area contributed by atoms with Crippen LogP contribution >= 0.6 is 11.6 Å². The van der Waals surface area contributed by atoms with Gasteiger partial charge in [-0.3, -0.25) is 4.79 Å². The second-order valence-electron chi connectivity index (χ2n) is 9.09. The lowest BCUT2D eigenvalue weighted by molar-refractivity contribution is -0.128. The molecule has 0 radical (unpaired) electrons. The summed E-state index contributed by atoms with van der Waals surface area (Å²) in [6, 6.07) is 12.4. The van der Waals surface area contributed by atoms with Crippen molar-refractivity contribution in [3.63, 3.8) is 0 Å². The smallest absolute Gasteiger partial charge is 0.345 e. The summed E-state index contributed by atoms with van der Waals surface area (Å²) in [5.41, 5.74) is 1.68. The number of benzene rings is 2. The summed E-state index contributed by atoms with van der Waals surface area (Å²) in [7, 11) is 0. The molecule has 0 aliphatic heterocycles. The van der Waals surface area contributed by atoms with Crippen LogP contribution < -0.4 is 11.0 Å². The number of rotatable bonds is 5. The largest absolute Gasteiger partial charge is 0.351 e. The summed E-state index contributed by atoms with van der Waals surface area (Å²) in [6.07, 6.45) is 0. The zero-order valence-electron chi connectivity index (χ0n) is 18.8. The first-order valence-corrected chi connectivity index (χ1v) is 10.8. The molecule has 3 rings (SSSR count). The van der Waals surface area contributed by atoms with E-state index in [4.69, 9.17) is 11.6 Å². The highest BCUT2D eigenvalue weighted by Crippen LogP contribution is 2.32. The Hall–Kier alpha value is -2.99. The van der Waals surface area contributed by atoms with Gasteiger partial charge in [-0.1, -0.05) is 76.6 Å². The molecule has 0 fully saturated rings. The van der Waals surface area contributed by atoms with E-state index in [1.54, 1.807) is 32.9 Å². The standard InChI is InChI=1S/C25H27ClFN3O2/c1-14(2)15-6-8-16(9-7-15)19-12-20(30-24(32)29-19)21-18(26)11-10-17(22(21)27)13-28-23(31)25(3,4)5/h6-12,14H,13H2,1-5H3,(H,28,31)(H,29,30,32). The normalized spacial score (nSPS) is 11.6. The van der Waals surface area contributed by atoms with Crippen molar-refractivity contribution in [2.75, 3.05) is 0 Å². The number of hydrogen-bond donors (Lipinski definition) is 2. The van der Waals surface area contributed by atoms with Gasteiger partial charge in [-0.2, -0.15) is 4.98 Å². The fourth-order valence-corrected chi connectivity index (χ4v) is 3.45. The molecule has 0 aliphatic rings. The van der Waals surface area contributed by atoms with Crippen LogP contribution in [0.4, 0.5) is 4.39 Å². The summed E-state index contributed by atoms with van der Waals surface area (Å²) >= 11 is 6.31. The van der Waals surface area contributed by atoms with Gasteiger partial charge >= 0.3 is 5.69 Å². The fraction of sp³-hybridized carbons (Fsp3) is 0.320. The van der Waals surface area contributed by atoms with E-state index in [9.17, 15) is 9.59 Å². The number of H-pyrrole nitrogens is 1. The Balaban J connectivity index is 2.00. The second kappa shape index (κ2) is 9.25. The van der Waals surface area contributed by atoms with E-state index >= 15 is 4.39 Å². The Morgan fingerprint density at radius 1 is 1.16 bits per heavy atom. The molecule has 7 heteroatoms. The van der Waals surface area contributed by atoms with Crippen molar-refractivity contribution >= 4 is 17.5 Å². The molecule has 0 spiro atoms. The molecule has 1 aromatic heterocycles. The quantitative estimate of drug-likeness (QED) is 0.519. The zero-order chi connectivity index (χ0) is 23.6. The van der Waals surface area contributed by atoms with Gasteiger partial charge in [0.1, 0.15) is 5.82 Å². The third kappa shape index (κ3) is 5.25. The first-order valence-electron chi connectivity index (χ1n) is 10.4. The maximum atomic E-state index is 15.4.